The molecule has 1 unspecified atom stereocenters. The van der Waals surface area contributed by atoms with Crippen molar-refractivity contribution in [3.05, 3.63) is 29.1 Å². The van der Waals surface area contributed by atoms with E-state index >= 15 is 0 Å². The number of carbonyl (C=O) groups excluding carboxylic acids is 1. The molecule has 3 nitrogen and oxygen atoms in total. The number of benzene rings is 1. The van der Waals surface area contributed by atoms with Crippen molar-refractivity contribution < 1.29 is 27.1 Å². The Hall–Kier alpha value is -1.79. The van der Waals surface area contributed by atoms with Crippen LogP contribution in [0.5, 0.6) is 5.75 Å². The SMILES string of the molecule is COc1c([C@@H]2CC[C@H](C(F)(F)F)CC2C(N)=O)ccc(C)c1F. The maximum atomic E-state index is 14.2. The van der Waals surface area contributed by atoms with Gasteiger partial charge in [-0.15, -0.1) is 0 Å². The molecule has 0 spiro atoms. The van der Waals surface area contributed by atoms with Gasteiger partial charge in [0.2, 0.25) is 5.91 Å². The van der Waals surface area contributed by atoms with Gasteiger partial charge in [0.1, 0.15) is 0 Å². The van der Waals surface area contributed by atoms with E-state index in [0.717, 1.165) is 0 Å². The van der Waals surface area contributed by atoms with Crippen molar-refractivity contribution in [2.75, 3.05) is 7.11 Å². The Bertz CT molecular complexity index is 600. The number of hydrogen-bond donors (Lipinski definition) is 1. The molecule has 2 rings (SSSR count). The number of methoxy groups -OCH3 is 1. The molecule has 1 aromatic rings. The van der Waals surface area contributed by atoms with Crippen molar-refractivity contribution in [1.82, 2.24) is 0 Å². The molecule has 1 aliphatic carbocycles. The van der Waals surface area contributed by atoms with Gasteiger partial charge >= 0.3 is 6.18 Å². The average molecular weight is 333 g/mol. The van der Waals surface area contributed by atoms with Crippen molar-refractivity contribution in [1.29, 1.82) is 0 Å². The highest BCUT2D eigenvalue weighted by Gasteiger charge is 2.47. The van der Waals surface area contributed by atoms with Crippen LogP contribution in [0.3, 0.4) is 0 Å². The smallest absolute Gasteiger partial charge is 0.391 e. The summed E-state index contributed by atoms with van der Waals surface area (Å²) in [5, 5.41) is 0. The van der Waals surface area contributed by atoms with Crippen molar-refractivity contribution in [3.63, 3.8) is 0 Å². The van der Waals surface area contributed by atoms with E-state index in [0.29, 0.717) is 11.1 Å². The molecule has 1 aromatic carbocycles. The number of hydrogen-bond acceptors (Lipinski definition) is 2. The zero-order chi connectivity index (χ0) is 17.4. The minimum atomic E-state index is -4.36. The fourth-order valence-corrected chi connectivity index (χ4v) is 3.32. The van der Waals surface area contributed by atoms with Crippen LogP contribution in [0.2, 0.25) is 0 Å². The summed E-state index contributed by atoms with van der Waals surface area (Å²) in [5.41, 5.74) is 6.09. The molecule has 0 saturated heterocycles. The number of ether oxygens (including phenoxy) is 1. The summed E-state index contributed by atoms with van der Waals surface area (Å²) >= 11 is 0. The summed E-state index contributed by atoms with van der Waals surface area (Å²) < 4.78 is 58.1. The van der Waals surface area contributed by atoms with Gasteiger partial charge in [-0.2, -0.15) is 13.2 Å². The van der Waals surface area contributed by atoms with E-state index in [1.807, 2.05) is 0 Å². The van der Waals surface area contributed by atoms with Crippen molar-refractivity contribution in [2.24, 2.45) is 17.6 Å². The largest absolute Gasteiger partial charge is 0.493 e. The van der Waals surface area contributed by atoms with Crippen LogP contribution in [0.1, 0.15) is 36.3 Å². The summed E-state index contributed by atoms with van der Waals surface area (Å²) in [6.07, 6.45) is -4.74. The van der Waals surface area contributed by atoms with Gasteiger partial charge in [0.15, 0.2) is 11.6 Å². The van der Waals surface area contributed by atoms with Gasteiger partial charge in [0.25, 0.3) is 0 Å². The van der Waals surface area contributed by atoms with Crippen molar-refractivity contribution in [3.8, 4) is 5.75 Å². The normalized spacial score (nSPS) is 25.2. The highest BCUT2D eigenvalue weighted by molar-refractivity contribution is 5.78. The number of carbonyl (C=O) groups is 1. The molecule has 7 heteroatoms. The molecule has 0 aromatic heterocycles. The summed E-state index contributed by atoms with van der Waals surface area (Å²) in [4.78, 5) is 11.7. The standard InChI is InChI=1S/C16H19F4NO2/c1-8-3-5-11(14(23-2)13(8)17)10-6-4-9(16(18,19)20)7-12(10)15(21)22/h3,5,9-10,12H,4,6-7H2,1-2H3,(H2,21,22)/t9-,10-,12?/m0/s1. The number of halogens is 4. The molecule has 3 atom stereocenters. The lowest BCUT2D eigenvalue weighted by Gasteiger charge is -2.36. The number of alkyl halides is 3. The lowest BCUT2D eigenvalue weighted by molar-refractivity contribution is -0.187. The van der Waals surface area contributed by atoms with Crippen LogP contribution in [-0.4, -0.2) is 19.2 Å². The number of nitrogens with two attached hydrogens (primary N) is 1. The third kappa shape index (κ3) is 3.43. The van der Waals surface area contributed by atoms with Gasteiger partial charge in [-0.1, -0.05) is 12.1 Å². The lowest BCUT2D eigenvalue weighted by Crippen LogP contribution is -2.38. The fourth-order valence-electron chi connectivity index (χ4n) is 3.32. The molecule has 0 bridgehead atoms. The molecular formula is C16H19F4NO2. The number of aryl methyl sites for hydroxylation is 1. The molecule has 0 aliphatic heterocycles. The third-order valence-corrected chi connectivity index (χ3v) is 4.60. The minimum Gasteiger partial charge on any atom is -0.493 e. The molecule has 128 valence electrons. The van der Waals surface area contributed by atoms with Crippen LogP contribution >= 0.6 is 0 Å². The van der Waals surface area contributed by atoms with Crippen LogP contribution in [0.4, 0.5) is 17.6 Å². The summed E-state index contributed by atoms with van der Waals surface area (Å²) in [5.74, 6) is -4.51. The first kappa shape index (κ1) is 17.6. The van der Waals surface area contributed by atoms with Crippen LogP contribution in [0.25, 0.3) is 0 Å². The van der Waals surface area contributed by atoms with E-state index in [1.165, 1.54) is 13.2 Å². The Morgan fingerprint density at radius 2 is 1.96 bits per heavy atom. The zero-order valence-electron chi connectivity index (χ0n) is 12.9. The molecule has 2 N–H and O–H groups in total. The van der Waals surface area contributed by atoms with Gasteiger partial charge in [0.05, 0.1) is 13.0 Å². The molecule has 1 saturated carbocycles. The number of primary amides is 1. The van der Waals surface area contributed by atoms with Gasteiger partial charge < -0.3 is 10.5 Å². The number of amides is 1. The van der Waals surface area contributed by atoms with E-state index in [2.05, 4.69) is 0 Å². The number of rotatable bonds is 3. The monoisotopic (exact) mass is 333 g/mol. The molecule has 1 aliphatic rings. The van der Waals surface area contributed by atoms with Gasteiger partial charge in [0, 0.05) is 11.5 Å². The predicted molar refractivity (Wildman–Crippen MR) is 76.5 cm³/mol. The molecule has 23 heavy (non-hydrogen) atoms. The van der Waals surface area contributed by atoms with Crippen LogP contribution in [-0.2, 0) is 4.79 Å². The Morgan fingerprint density at radius 1 is 1.30 bits per heavy atom. The average Bonchev–Trinajstić information content (AvgIpc) is 2.48. The molecule has 1 fully saturated rings. The van der Waals surface area contributed by atoms with E-state index in [-0.39, 0.29) is 25.0 Å². The molecular weight excluding hydrogens is 314 g/mol. The molecule has 0 radical (unpaired) electrons. The zero-order valence-corrected chi connectivity index (χ0v) is 12.9. The van der Waals surface area contributed by atoms with E-state index in [4.69, 9.17) is 10.5 Å². The topological polar surface area (TPSA) is 52.3 Å². The fraction of sp³-hybridized carbons (Fsp3) is 0.562. The Labute approximate surface area is 131 Å². The lowest BCUT2D eigenvalue weighted by atomic mass is 9.70. The van der Waals surface area contributed by atoms with Gasteiger partial charge in [-0.05, 0) is 37.7 Å². The molecule has 0 heterocycles. The Morgan fingerprint density at radius 3 is 2.48 bits per heavy atom. The highest BCUT2D eigenvalue weighted by atomic mass is 19.4. The van der Waals surface area contributed by atoms with Gasteiger partial charge in [-0.3, -0.25) is 4.79 Å². The van der Waals surface area contributed by atoms with Crippen molar-refractivity contribution >= 4 is 5.91 Å². The quantitative estimate of drug-likeness (QED) is 0.858. The molecule has 1 amide bonds. The maximum absolute atomic E-state index is 14.2. The minimum absolute atomic E-state index is 0.0216. The highest BCUT2D eigenvalue weighted by Crippen LogP contribution is 2.48. The van der Waals surface area contributed by atoms with E-state index in [1.54, 1.807) is 13.0 Å². The van der Waals surface area contributed by atoms with Crippen LogP contribution in [0, 0.1) is 24.6 Å². The van der Waals surface area contributed by atoms with Gasteiger partial charge in [-0.25, -0.2) is 4.39 Å². The Kier molecular flexibility index (Phi) is 4.87. The van der Waals surface area contributed by atoms with Crippen LogP contribution in [0.15, 0.2) is 12.1 Å². The maximum Gasteiger partial charge on any atom is 0.391 e. The van der Waals surface area contributed by atoms with E-state index in [9.17, 15) is 22.4 Å². The first-order chi connectivity index (χ1) is 10.7. The predicted octanol–water partition coefficient (Wildman–Crippen LogP) is 3.69. The van der Waals surface area contributed by atoms with E-state index < -0.39 is 35.7 Å². The summed E-state index contributed by atoms with van der Waals surface area (Å²) in [7, 11) is 1.29. The second kappa shape index (κ2) is 6.37. The first-order valence-electron chi connectivity index (χ1n) is 7.35. The first-order valence-corrected chi connectivity index (χ1v) is 7.35. The van der Waals surface area contributed by atoms with Crippen molar-refractivity contribution in [2.45, 2.75) is 38.3 Å². The second-order valence-corrected chi connectivity index (χ2v) is 5.99. The Balaban J connectivity index is 2.40. The summed E-state index contributed by atoms with van der Waals surface area (Å²) in [6, 6.07) is 3.13. The second-order valence-electron chi connectivity index (χ2n) is 5.99. The third-order valence-electron chi connectivity index (χ3n) is 4.60. The van der Waals surface area contributed by atoms with Crippen LogP contribution < -0.4 is 10.5 Å². The summed E-state index contributed by atoms with van der Waals surface area (Å²) in [6.45, 7) is 1.56.